The van der Waals surface area contributed by atoms with E-state index in [9.17, 15) is 4.79 Å². The molecule has 1 saturated carbocycles. The van der Waals surface area contributed by atoms with Crippen LogP contribution in [0.25, 0.3) is 0 Å². The highest BCUT2D eigenvalue weighted by molar-refractivity contribution is 9.10. The topological polar surface area (TPSA) is 38.3 Å². The lowest BCUT2D eigenvalue weighted by Gasteiger charge is -2.36. The zero-order valence-corrected chi connectivity index (χ0v) is 12.1. The van der Waals surface area contributed by atoms with Crippen molar-refractivity contribution < 1.29 is 9.53 Å². The van der Waals surface area contributed by atoms with Crippen molar-refractivity contribution in [2.24, 2.45) is 0 Å². The van der Waals surface area contributed by atoms with E-state index in [0.717, 1.165) is 35.8 Å². The summed E-state index contributed by atoms with van der Waals surface area (Å²) in [4.78, 5) is 12.1. The monoisotopic (exact) mass is 311 g/mol. The number of anilines is 1. The number of halogens is 1. The Morgan fingerprint density at radius 2 is 2.06 bits per heavy atom. The number of ether oxygens (including phenoxy) is 1. The number of carbonyl (C=O) groups is 1. The van der Waals surface area contributed by atoms with Crippen LogP contribution in [0.3, 0.4) is 0 Å². The van der Waals surface area contributed by atoms with Crippen molar-refractivity contribution >= 4 is 27.6 Å². The number of methoxy groups -OCH3 is 1. The smallest absolute Gasteiger partial charge is 0.331 e. The van der Waals surface area contributed by atoms with Crippen molar-refractivity contribution in [3.05, 3.63) is 28.7 Å². The molecule has 3 nitrogen and oxygen atoms in total. The van der Waals surface area contributed by atoms with Gasteiger partial charge in [-0.05, 0) is 31.0 Å². The summed E-state index contributed by atoms with van der Waals surface area (Å²) in [5, 5.41) is 3.38. The predicted octanol–water partition coefficient (Wildman–Crippen LogP) is 3.74. The van der Waals surface area contributed by atoms with Crippen molar-refractivity contribution in [2.75, 3.05) is 12.4 Å². The lowest BCUT2D eigenvalue weighted by molar-refractivity contribution is -0.147. The first kappa shape index (κ1) is 13.4. The van der Waals surface area contributed by atoms with Crippen LogP contribution in [-0.2, 0) is 9.53 Å². The van der Waals surface area contributed by atoms with Crippen LogP contribution >= 0.6 is 15.9 Å². The van der Waals surface area contributed by atoms with E-state index < -0.39 is 5.54 Å². The molecule has 0 unspecified atom stereocenters. The van der Waals surface area contributed by atoms with Crippen LogP contribution in [0.1, 0.15) is 32.1 Å². The number of rotatable bonds is 3. The molecule has 0 aromatic heterocycles. The van der Waals surface area contributed by atoms with Gasteiger partial charge in [-0.25, -0.2) is 4.79 Å². The van der Waals surface area contributed by atoms with E-state index in [1.54, 1.807) is 0 Å². The van der Waals surface area contributed by atoms with Gasteiger partial charge in [0.1, 0.15) is 5.54 Å². The Labute approximate surface area is 116 Å². The third-order valence-electron chi connectivity index (χ3n) is 3.49. The van der Waals surface area contributed by atoms with Gasteiger partial charge in [0.15, 0.2) is 0 Å². The van der Waals surface area contributed by atoms with Gasteiger partial charge in [-0.3, -0.25) is 0 Å². The molecule has 1 aliphatic rings. The third-order valence-corrected chi connectivity index (χ3v) is 3.98. The van der Waals surface area contributed by atoms with E-state index in [1.165, 1.54) is 13.5 Å². The lowest BCUT2D eigenvalue weighted by Crippen LogP contribution is -2.48. The summed E-state index contributed by atoms with van der Waals surface area (Å²) in [6.45, 7) is 0. The molecule has 98 valence electrons. The Balaban J connectivity index is 2.22. The van der Waals surface area contributed by atoms with Gasteiger partial charge < -0.3 is 10.1 Å². The minimum atomic E-state index is -0.548. The fourth-order valence-corrected chi connectivity index (χ4v) is 2.97. The number of benzene rings is 1. The Bertz CT molecular complexity index is 428. The maximum Gasteiger partial charge on any atom is 0.331 e. The second-order valence-electron chi connectivity index (χ2n) is 4.77. The summed E-state index contributed by atoms with van der Waals surface area (Å²) < 4.78 is 5.99. The largest absolute Gasteiger partial charge is 0.467 e. The fourth-order valence-electron chi connectivity index (χ4n) is 2.57. The molecule has 2 rings (SSSR count). The second kappa shape index (κ2) is 5.74. The SMILES string of the molecule is COC(=O)C1(Nc2cccc(Br)c2)CCCCC1. The van der Waals surface area contributed by atoms with Crippen LogP contribution in [0, 0.1) is 0 Å². The maximum absolute atomic E-state index is 12.1. The van der Waals surface area contributed by atoms with Gasteiger partial charge in [-0.1, -0.05) is 41.3 Å². The van der Waals surface area contributed by atoms with Crippen molar-refractivity contribution in [2.45, 2.75) is 37.6 Å². The summed E-state index contributed by atoms with van der Waals surface area (Å²) in [7, 11) is 1.46. The summed E-state index contributed by atoms with van der Waals surface area (Å²) in [6, 6.07) is 7.89. The van der Waals surface area contributed by atoms with Gasteiger partial charge in [0.2, 0.25) is 0 Å². The molecule has 1 aromatic rings. The molecule has 0 spiro atoms. The average Bonchev–Trinajstić information content (AvgIpc) is 2.39. The highest BCUT2D eigenvalue weighted by atomic mass is 79.9. The van der Waals surface area contributed by atoms with Crippen LogP contribution in [0.4, 0.5) is 5.69 Å². The first-order valence-electron chi connectivity index (χ1n) is 6.28. The van der Waals surface area contributed by atoms with E-state index in [4.69, 9.17) is 4.74 Å². The van der Waals surface area contributed by atoms with Crippen LogP contribution in [0.15, 0.2) is 28.7 Å². The zero-order chi connectivity index (χ0) is 13.0. The minimum Gasteiger partial charge on any atom is -0.467 e. The van der Waals surface area contributed by atoms with Crippen LogP contribution < -0.4 is 5.32 Å². The highest BCUT2D eigenvalue weighted by Crippen LogP contribution is 2.33. The van der Waals surface area contributed by atoms with E-state index in [0.29, 0.717) is 0 Å². The standard InChI is InChI=1S/C14H18BrNO2/c1-18-13(17)14(8-3-2-4-9-14)16-12-7-5-6-11(15)10-12/h5-7,10,16H,2-4,8-9H2,1H3. The molecule has 0 atom stereocenters. The molecule has 0 amide bonds. The van der Waals surface area contributed by atoms with Crippen molar-refractivity contribution in [3.63, 3.8) is 0 Å². The van der Waals surface area contributed by atoms with E-state index >= 15 is 0 Å². The molecular formula is C14H18BrNO2. The van der Waals surface area contributed by atoms with Crippen LogP contribution in [0.2, 0.25) is 0 Å². The molecule has 0 heterocycles. The Morgan fingerprint density at radius 1 is 1.33 bits per heavy atom. The number of hydrogen-bond donors (Lipinski definition) is 1. The predicted molar refractivity (Wildman–Crippen MR) is 75.6 cm³/mol. The Morgan fingerprint density at radius 3 is 2.67 bits per heavy atom. The lowest BCUT2D eigenvalue weighted by atomic mass is 9.81. The molecule has 0 bridgehead atoms. The van der Waals surface area contributed by atoms with E-state index in [2.05, 4.69) is 21.2 Å². The van der Waals surface area contributed by atoms with Crippen molar-refractivity contribution in [1.82, 2.24) is 0 Å². The molecule has 1 N–H and O–H groups in total. The summed E-state index contributed by atoms with van der Waals surface area (Å²) >= 11 is 3.44. The third kappa shape index (κ3) is 2.86. The number of carbonyl (C=O) groups excluding carboxylic acids is 1. The Hall–Kier alpha value is -1.03. The minimum absolute atomic E-state index is 0.151. The molecule has 0 aliphatic heterocycles. The number of nitrogens with one attached hydrogen (secondary N) is 1. The normalized spacial score (nSPS) is 18.1. The first-order valence-corrected chi connectivity index (χ1v) is 7.08. The molecular weight excluding hydrogens is 294 g/mol. The summed E-state index contributed by atoms with van der Waals surface area (Å²) in [6.07, 6.45) is 5.00. The maximum atomic E-state index is 12.1. The Kier molecular flexibility index (Phi) is 4.27. The molecule has 4 heteroatoms. The van der Waals surface area contributed by atoms with E-state index in [-0.39, 0.29) is 5.97 Å². The van der Waals surface area contributed by atoms with Gasteiger partial charge in [0.05, 0.1) is 7.11 Å². The van der Waals surface area contributed by atoms with Crippen LogP contribution in [-0.4, -0.2) is 18.6 Å². The molecule has 1 aliphatic carbocycles. The first-order chi connectivity index (χ1) is 8.66. The molecule has 1 fully saturated rings. The second-order valence-corrected chi connectivity index (χ2v) is 5.69. The quantitative estimate of drug-likeness (QED) is 0.864. The zero-order valence-electron chi connectivity index (χ0n) is 10.5. The number of hydrogen-bond acceptors (Lipinski definition) is 3. The average molecular weight is 312 g/mol. The van der Waals surface area contributed by atoms with Gasteiger partial charge in [0, 0.05) is 10.2 Å². The van der Waals surface area contributed by atoms with Gasteiger partial charge in [-0.15, -0.1) is 0 Å². The van der Waals surface area contributed by atoms with Crippen molar-refractivity contribution in [3.8, 4) is 0 Å². The van der Waals surface area contributed by atoms with Gasteiger partial charge in [-0.2, -0.15) is 0 Å². The number of esters is 1. The van der Waals surface area contributed by atoms with Gasteiger partial charge >= 0.3 is 5.97 Å². The van der Waals surface area contributed by atoms with Gasteiger partial charge in [0.25, 0.3) is 0 Å². The molecule has 18 heavy (non-hydrogen) atoms. The summed E-state index contributed by atoms with van der Waals surface area (Å²) in [5.41, 5.74) is 0.407. The molecule has 1 aromatic carbocycles. The van der Waals surface area contributed by atoms with Crippen molar-refractivity contribution in [1.29, 1.82) is 0 Å². The van der Waals surface area contributed by atoms with E-state index in [1.807, 2.05) is 24.3 Å². The summed E-state index contributed by atoms with van der Waals surface area (Å²) in [5.74, 6) is -0.151. The fraction of sp³-hybridized carbons (Fsp3) is 0.500. The van der Waals surface area contributed by atoms with Crippen LogP contribution in [0.5, 0.6) is 0 Å². The molecule has 0 radical (unpaired) electrons. The highest BCUT2D eigenvalue weighted by Gasteiger charge is 2.40. The molecule has 0 saturated heterocycles.